The van der Waals surface area contributed by atoms with Crippen molar-refractivity contribution in [3.8, 4) is 11.1 Å². The molecular formula is C26H26Cl2SiZr. The first kappa shape index (κ1) is 30.5. The summed E-state index contributed by atoms with van der Waals surface area (Å²) in [6, 6.07) is 38.1. The number of hydrogen-bond donors (Lipinski definition) is 0. The van der Waals surface area contributed by atoms with Gasteiger partial charge in [-0.1, -0.05) is 60.2 Å². The molecule has 0 aromatic heterocycles. The quantitative estimate of drug-likeness (QED) is 0.162. The van der Waals surface area contributed by atoms with Crippen LogP contribution >= 0.6 is 24.8 Å². The number of hydrogen-bond acceptors (Lipinski definition) is 0. The van der Waals surface area contributed by atoms with E-state index in [0.29, 0.717) is 0 Å². The fourth-order valence-corrected chi connectivity index (χ4v) is 3.02. The van der Waals surface area contributed by atoms with Crippen LogP contribution in [-0.2, 0) is 26.2 Å². The van der Waals surface area contributed by atoms with Crippen LogP contribution in [0.1, 0.15) is 0 Å². The summed E-state index contributed by atoms with van der Waals surface area (Å²) in [6.45, 7) is 7.00. The molecule has 0 atom stereocenters. The van der Waals surface area contributed by atoms with Crippen LogP contribution in [0.15, 0.2) is 116 Å². The summed E-state index contributed by atoms with van der Waals surface area (Å²) in [5.41, 5.74) is 2.59. The maximum absolute atomic E-state index is 4.25. The van der Waals surface area contributed by atoms with Crippen molar-refractivity contribution in [2.24, 2.45) is 0 Å². The molecule has 0 N–H and O–H groups in total. The minimum absolute atomic E-state index is 0. The van der Waals surface area contributed by atoms with Crippen LogP contribution in [-0.4, -0.2) is 11.0 Å². The minimum Gasteiger partial charge on any atom is -0.521 e. The molecule has 30 heavy (non-hydrogen) atoms. The van der Waals surface area contributed by atoms with E-state index in [9.17, 15) is 0 Å². The Morgan fingerprint density at radius 2 is 1.17 bits per heavy atom. The summed E-state index contributed by atoms with van der Waals surface area (Å²) in [4.78, 5) is 0. The smallest absolute Gasteiger partial charge is 0.521 e. The summed E-state index contributed by atoms with van der Waals surface area (Å²) in [5, 5.41) is 5.29. The van der Waals surface area contributed by atoms with Gasteiger partial charge in [0.1, 0.15) is 0 Å². The third-order valence-corrected chi connectivity index (χ3v) is 4.27. The Bertz CT molecular complexity index is 1020. The second-order valence-electron chi connectivity index (χ2n) is 5.89. The van der Waals surface area contributed by atoms with Crippen LogP contribution in [0.25, 0.3) is 32.7 Å². The zero-order valence-corrected chi connectivity index (χ0v) is 23.1. The van der Waals surface area contributed by atoms with E-state index in [4.69, 9.17) is 0 Å². The SMILES string of the molecule is Cl.Cl.[CH-]=C.[SiH3].[Zr+3].c1ccc(-c2cc3ccccc3[cH-]2)cc1.c1ccc2[cH-]ccc2c1. The van der Waals surface area contributed by atoms with Crippen LogP contribution in [0.4, 0.5) is 0 Å². The average molecular weight is 529 g/mol. The van der Waals surface area contributed by atoms with Crippen molar-refractivity contribution in [1.82, 2.24) is 0 Å². The van der Waals surface area contributed by atoms with Gasteiger partial charge in [-0.15, -0.1) is 89.0 Å². The first-order valence-corrected chi connectivity index (χ1v) is 8.62. The second kappa shape index (κ2) is 16.1. The molecule has 152 valence electrons. The van der Waals surface area contributed by atoms with Crippen LogP contribution in [0, 0.1) is 6.58 Å². The molecule has 5 rings (SSSR count). The maximum atomic E-state index is 4.25. The van der Waals surface area contributed by atoms with E-state index < -0.39 is 0 Å². The molecule has 0 spiro atoms. The summed E-state index contributed by atoms with van der Waals surface area (Å²) in [7, 11) is 0. The van der Waals surface area contributed by atoms with Gasteiger partial charge >= 0.3 is 26.2 Å². The Morgan fingerprint density at radius 1 is 0.633 bits per heavy atom. The van der Waals surface area contributed by atoms with Crippen molar-refractivity contribution in [3.05, 3.63) is 122 Å². The number of benzene rings is 3. The molecule has 5 aromatic carbocycles. The van der Waals surface area contributed by atoms with Gasteiger partial charge < -0.3 is 6.58 Å². The van der Waals surface area contributed by atoms with Crippen LogP contribution in [0.2, 0.25) is 0 Å². The molecular weight excluding hydrogens is 503 g/mol. The molecule has 0 aliphatic heterocycles. The molecule has 0 fully saturated rings. The van der Waals surface area contributed by atoms with E-state index in [1.54, 1.807) is 0 Å². The van der Waals surface area contributed by atoms with Gasteiger partial charge in [-0.25, -0.2) is 0 Å². The molecule has 0 amide bonds. The molecule has 0 unspecified atom stereocenters. The van der Waals surface area contributed by atoms with Crippen LogP contribution in [0.3, 0.4) is 0 Å². The van der Waals surface area contributed by atoms with Crippen LogP contribution in [0.5, 0.6) is 0 Å². The predicted octanol–water partition coefficient (Wildman–Crippen LogP) is 7.05. The first-order chi connectivity index (χ1) is 12.9. The van der Waals surface area contributed by atoms with Gasteiger partial charge in [0.15, 0.2) is 0 Å². The van der Waals surface area contributed by atoms with Crippen molar-refractivity contribution >= 4 is 57.3 Å². The summed E-state index contributed by atoms with van der Waals surface area (Å²) in [5.74, 6) is 0. The van der Waals surface area contributed by atoms with E-state index >= 15 is 0 Å². The Kier molecular flexibility index (Phi) is 16.3. The third-order valence-electron chi connectivity index (χ3n) is 4.27. The van der Waals surface area contributed by atoms with E-state index in [2.05, 4.69) is 116 Å². The average Bonchev–Trinajstić information content (AvgIpc) is 3.37. The Balaban J connectivity index is 0. The van der Waals surface area contributed by atoms with Gasteiger partial charge in [-0.05, 0) is 11.0 Å². The van der Waals surface area contributed by atoms with E-state index in [1.165, 1.54) is 32.7 Å². The monoisotopic (exact) mass is 526 g/mol. The topological polar surface area (TPSA) is 0 Å². The fraction of sp³-hybridized carbons (Fsp3) is 0. The molecule has 4 heteroatoms. The first-order valence-electron chi connectivity index (χ1n) is 8.62. The number of fused-ring (bicyclic) bond motifs is 2. The zero-order chi connectivity index (χ0) is 18.2. The van der Waals surface area contributed by atoms with Gasteiger partial charge in [0, 0.05) is 0 Å². The molecule has 0 saturated carbocycles. The summed E-state index contributed by atoms with van der Waals surface area (Å²) >= 11 is 0. The van der Waals surface area contributed by atoms with Gasteiger partial charge in [0.05, 0.1) is 0 Å². The fourth-order valence-electron chi connectivity index (χ4n) is 3.02. The molecule has 0 aliphatic carbocycles. The van der Waals surface area contributed by atoms with E-state index in [-0.39, 0.29) is 62.0 Å². The molecule has 0 saturated heterocycles. The molecule has 0 nitrogen and oxygen atoms in total. The van der Waals surface area contributed by atoms with Crippen molar-refractivity contribution in [2.75, 3.05) is 0 Å². The maximum Gasteiger partial charge on any atom is 3.00 e. The van der Waals surface area contributed by atoms with Gasteiger partial charge in [-0.3, -0.25) is 6.58 Å². The molecule has 0 aliphatic rings. The van der Waals surface area contributed by atoms with Gasteiger partial charge in [0.2, 0.25) is 0 Å². The van der Waals surface area contributed by atoms with Gasteiger partial charge in [0.25, 0.3) is 0 Å². The second-order valence-corrected chi connectivity index (χ2v) is 5.89. The predicted molar refractivity (Wildman–Crippen MR) is 139 cm³/mol. The Labute approximate surface area is 215 Å². The van der Waals surface area contributed by atoms with E-state index in [0.717, 1.165) is 0 Å². The number of rotatable bonds is 1. The van der Waals surface area contributed by atoms with Gasteiger partial charge in [-0.2, -0.15) is 17.5 Å². The number of halogens is 2. The van der Waals surface area contributed by atoms with Crippen molar-refractivity contribution in [1.29, 1.82) is 0 Å². The third kappa shape index (κ3) is 7.85. The van der Waals surface area contributed by atoms with Crippen molar-refractivity contribution < 1.29 is 26.2 Å². The summed E-state index contributed by atoms with van der Waals surface area (Å²) in [6.07, 6.45) is 0. The molecule has 5 aromatic rings. The van der Waals surface area contributed by atoms with E-state index in [1.807, 2.05) is 6.07 Å². The Hall–Kier alpha value is -1.70. The minimum atomic E-state index is 0. The molecule has 0 heterocycles. The molecule has 2 radical (unpaired) electrons. The Morgan fingerprint density at radius 3 is 1.77 bits per heavy atom. The van der Waals surface area contributed by atoms with Crippen LogP contribution < -0.4 is 0 Å². The largest absolute Gasteiger partial charge is 3.00 e. The molecule has 0 bridgehead atoms. The standard InChI is InChI=1S/C15H11.C9H7.C2H3.2ClH.H3Si.Zr/c1-2-6-12(7-3-1)15-10-13-8-4-5-9-14(13)11-15;1-2-5-9-7-3-6-8(9)4-1;1-2;;;;/h1-11H;1-7H;1H,2H2;2*1H;1H3;/q3*-1;;;;+3. The van der Waals surface area contributed by atoms with Crippen molar-refractivity contribution in [3.63, 3.8) is 0 Å². The zero-order valence-electron chi connectivity index (χ0n) is 17.0. The normalized spacial score (nSPS) is 8.53. The van der Waals surface area contributed by atoms with Crippen molar-refractivity contribution in [2.45, 2.75) is 0 Å². The summed E-state index contributed by atoms with van der Waals surface area (Å²) < 4.78 is 0.